The summed E-state index contributed by atoms with van der Waals surface area (Å²) in [7, 11) is 0. The minimum absolute atomic E-state index is 0.285. The summed E-state index contributed by atoms with van der Waals surface area (Å²) in [5, 5.41) is 2.54. The van der Waals surface area contributed by atoms with E-state index >= 15 is 0 Å². The molecule has 0 spiro atoms. The first-order valence-electron chi connectivity index (χ1n) is 7.15. The van der Waals surface area contributed by atoms with Crippen LogP contribution in [0.15, 0.2) is 46.5 Å². The number of terminal acetylenes is 1. The molecule has 2 unspecified atom stereocenters. The second-order valence-electron chi connectivity index (χ2n) is 5.81. The average Bonchev–Trinajstić information content (AvgIpc) is 2.71. The van der Waals surface area contributed by atoms with Crippen LogP contribution < -0.4 is 5.32 Å². The standard InChI is InChI=1S/C17H15F3N2O/c1-4-7-22-10(3)9(2)15-13(22)6-5-12-16(15)11(17(18,19)20)8-14(23)21-12/h1,5-6,8,15-16H,7H2,2-3H3,(H,21,23). The highest BCUT2D eigenvalue weighted by atomic mass is 19.4. The van der Waals surface area contributed by atoms with Gasteiger partial charge in [-0.15, -0.1) is 6.42 Å². The quantitative estimate of drug-likeness (QED) is 0.754. The van der Waals surface area contributed by atoms with Crippen LogP contribution in [0, 0.1) is 24.2 Å². The normalized spacial score (nSPS) is 26.7. The van der Waals surface area contributed by atoms with Gasteiger partial charge in [-0.1, -0.05) is 5.92 Å². The summed E-state index contributed by atoms with van der Waals surface area (Å²) in [6.45, 7) is 3.97. The fourth-order valence-electron chi connectivity index (χ4n) is 3.53. The van der Waals surface area contributed by atoms with Crippen molar-refractivity contribution >= 4 is 5.91 Å². The van der Waals surface area contributed by atoms with Gasteiger partial charge in [0, 0.05) is 40.6 Å². The maximum atomic E-state index is 13.5. The summed E-state index contributed by atoms with van der Waals surface area (Å²) in [5.41, 5.74) is 1.93. The number of alkyl halides is 3. The molecule has 1 amide bonds. The second kappa shape index (κ2) is 5.05. The molecule has 3 rings (SSSR count). The smallest absolute Gasteiger partial charge is 0.337 e. The van der Waals surface area contributed by atoms with Gasteiger partial charge in [-0.25, -0.2) is 0 Å². The molecule has 23 heavy (non-hydrogen) atoms. The maximum Gasteiger partial charge on any atom is 0.413 e. The Morgan fingerprint density at radius 1 is 1.30 bits per heavy atom. The van der Waals surface area contributed by atoms with E-state index < -0.39 is 29.5 Å². The Morgan fingerprint density at radius 2 is 2.00 bits per heavy atom. The van der Waals surface area contributed by atoms with E-state index in [2.05, 4.69) is 11.2 Å². The molecule has 0 saturated carbocycles. The van der Waals surface area contributed by atoms with Crippen molar-refractivity contribution in [2.75, 3.05) is 6.54 Å². The van der Waals surface area contributed by atoms with Crippen LogP contribution in [0.4, 0.5) is 13.2 Å². The Bertz CT molecular complexity index is 747. The summed E-state index contributed by atoms with van der Waals surface area (Å²) in [6.07, 6.45) is 4.77. The molecule has 3 nitrogen and oxygen atoms in total. The molecule has 2 atom stereocenters. The minimum Gasteiger partial charge on any atom is -0.337 e. The van der Waals surface area contributed by atoms with E-state index in [0.29, 0.717) is 12.6 Å². The predicted octanol–water partition coefficient (Wildman–Crippen LogP) is 2.86. The fraction of sp³-hybridized carbons (Fsp3) is 0.353. The molecule has 2 heterocycles. The number of allylic oxidation sites excluding steroid dienone is 5. The molecular formula is C17H15F3N2O. The van der Waals surface area contributed by atoms with E-state index in [1.54, 1.807) is 12.2 Å². The number of hydrogen-bond acceptors (Lipinski definition) is 2. The minimum atomic E-state index is -4.56. The lowest BCUT2D eigenvalue weighted by Gasteiger charge is -2.37. The predicted molar refractivity (Wildman–Crippen MR) is 79.3 cm³/mol. The Morgan fingerprint density at radius 3 is 2.61 bits per heavy atom. The molecule has 0 radical (unpaired) electrons. The Hall–Kier alpha value is -2.42. The van der Waals surface area contributed by atoms with Gasteiger partial charge < -0.3 is 10.2 Å². The highest BCUT2D eigenvalue weighted by Crippen LogP contribution is 2.51. The van der Waals surface area contributed by atoms with Crippen molar-refractivity contribution in [1.82, 2.24) is 10.2 Å². The van der Waals surface area contributed by atoms with Crippen molar-refractivity contribution in [3.8, 4) is 12.3 Å². The summed E-state index contributed by atoms with van der Waals surface area (Å²) in [6, 6.07) is 0. The molecule has 0 aromatic rings. The number of halogens is 3. The van der Waals surface area contributed by atoms with Gasteiger partial charge in [0.1, 0.15) is 0 Å². The van der Waals surface area contributed by atoms with Crippen LogP contribution in [0.1, 0.15) is 13.8 Å². The summed E-state index contributed by atoms with van der Waals surface area (Å²) in [5.74, 6) is 0.395. The van der Waals surface area contributed by atoms with Gasteiger partial charge >= 0.3 is 6.18 Å². The van der Waals surface area contributed by atoms with Gasteiger partial charge in [0.15, 0.2) is 0 Å². The molecule has 0 aromatic carbocycles. The molecule has 0 fully saturated rings. The zero-order chi connectivity index (χ0) is 16.9. The molecule has 0 saturated heterocycles. The molecule has 2 aliphatic heterocycles. The molecule has 3 aliphatic rings. The van der Waals surface area contributed by atoms with Crippen molar-refractivity contribution in [1.29, 1.82) is 0 Å². The van der Waals surface area contributed by atoms with Crippen LogP contribution in [-0.4, -0.2) is 23.5 Å². The number of amides is 1. The van der Waals surface area contributed by atoms with E-state index in [1.807, 2.05) is 18.7 Å². The van der Waals surface area contributed by atoms with Crippen molar-refractivity contribution in [2.24, 2.45) is 11.8 Å². The lowest BCUT2D eigenvalue weighted by molar-refractivity contribution is -0.120. The fourth-order valence-corrected chi connectivity index (χ4v) is 3.53. The molecule has 0 bridgehead atoms. The van der Waals surface area contributed by atoms with Gasteiger partial charge in [0.05, 0.1) is 6.54 Å². The van der Waals surface area contributed by atoms with Crippen molar-refractivity contribution in [2.45, 2.75) is 20.0 Å². The SMILES string of the molecule is C#CCN1C2=CC=C3NC(=O)C=C(C(F)(F)F)C3C2C(C)=C1C. The van der Waals surface area contributed by atoms with E-state index in [0.717, 1.165) is 17.0 Å². The molecule has 0 aromatic heterocycles. The average molecular weight is 320 g/mol. The number of rotatable bonds is 1. The van der Waals surface area contributed by atoms with E-state index in [4.69, 9.17) is 6.42 Å². The summed E-state index contributed by atoms with van der Waals surface area (Å²) in [4.78, 5) is 13.4. The van der Waals surface area contributed by atoms with Crippen LogP contribution in [0.2, 0.25) is 0 Å². The zero-order valence-corrected chi connectivity index (χ0v) is 12.7. The van der Waals surface area contributed by atoms with Gasteiger partial charge in [0.25, 0.3) is 0 Å². The maximum absolute atomic E-state index is 13.5. The number of carbonyl (C=O) groups is 1. The Labute approximate surface area is 132 Å². The van der Waals surface area contributed by atoms with E-state index in [-0.39, 0.29) is 5.70 Å². The highest BCUT2D eigenvalue weighted by Gasteiger charge is 2.50. The zero-order valence-electron chi connectivity index (χ0n) is 12.7. The summed E-state index contributed by atoms with van der Waals surface area (Å²) < 4.78 is 40.4. The second-order valence-corrected chi connectivity index (χ2v) is 5.81. The molecule has 6 heteroatoms. The third kappa shape index (κ3) is 2.27. The molecular weight excluding hydrogens is 305 g/mol. The van der Waals surface area contributed by atoms with Crippen LogP contribution in [-0.2, 0) is 4.79 Å². The monoisotopic (exact) mass is 320 g/mol. The van der Waals surface area contributed by atoms with Crippen LogP contribution in [0.5, 0.6) is 0 Å². The van der Waals surface area contributed by atoms with Crippen molar-refractivity contribution in [3.05, 3.63) is 46.5 Å². The first kappa shape index (κ1) is 15.5. The van der Waals surface area contributed by atoms with Crippen LogP contribution >= 0.6 is 0 Å². The third-order valence-electron chi connectivity index (χ3n) is 4.64. The highest BCUT2D eigenvalue weighted by molar-refractivity contribution is 5.92. The number of hydrogen-bond donors (Lipinski definition) is 1. The van der Waals surface area contributed by atoms with Crippen molar-refractivity contribution in [3.63, 3.8) is 0 Å². The molecule has 1 N–H and O–H groups in total. The largest absolute Gasteiger partial charge is 0.413 e. The first-order chi connectivity index (χ1) is 10.8. The van der Waals surface area contributed by atoms with Gasteiger partial charge in [0.2, 0.25) is 5.91 Å². The number of nitrogens with one attached hydrogen (secondary N) is 1. The van der Waals surface area contributed by atoms with E-state index in [1.165, 1.54) is 0 Å². The summed E-state index contributed by atoms with van der Waals surface area (Å²) >= 11 is 0. The molecule has 120 valence electrons. The Kier molecular flexibility index (Phi) is 3.40. The van der Waals surface area contributed by atoms with Crippen LogP contribution in [0.3, 0.4) is 0 Å². The third-order valence-corrected chi connectivity index (χ3v) is 4.64. The number of nitrogens with zero attached hydrogens (tertiary/aromatic N) is 1. The van der Waals surface area contributed by atoms with Crippen molar-refractivity contribution < 1.29 is 18.0 Å². The number of carbonyl (C=O) groups excluding carboxylic acids is 1. The van der Waals surface area contributed by atoms with Gasteiger partial charge in [-0.3, -0.25) is 4.79 Å². The lowest BCUT2D eigenvalue weighted by atomic mass is 9.74. The first-order valence-corrected chi connectivity index (χ1v) is 7.15. The number of fused-ring (bicyclic) bond motifs is 3. The molecule has 1 aliphatic carbocycles. The lowest BCUT2D eigenvalue weighted by Crippen LogP contribution is -2.42. The van der Waals surface area contributed by atoms with Gasteiger partial charge in [-0.05, 0) is 31.6 Å². The topological polar surface area (TPSA) is 32.3 Å². The van der Waals surface area contributed by atoms with Crippen LogP contribution in [0.25, 0.3) is 0 Å². The van der Waals surface area contributed by atoms with Gasteiger partial charge in [-0.2, -0.15) is 13.2 Å². The Balaban J connectivity index is 2.14. The van der Waals surface area contributed by atoms with E-state index in [9.17, 15) is 18.0 Å².